The van der Waals surface area contributed by atoms with Gasteiger partial charge < -0.3 is 20.8 Å². The van der Waals surface area contributed by atoms with Crippen LogP contribution in [0.25, 0.3) is 0 Å². The van der Waals surface area contributed by atoms with Gasteiger partial charge in [-0.15, -0.1) is 0 Å². The maximum absolute atomic E-state index is 12.7. The van der Waals surface area contributed by atoms with Crippen molar-refractivity contribution >= 4 is 17.3 Å². The Balaban J connectivity index is 2.07. The molecule has 0 bridgehead atoms. The van der Waals surface area contributed by atoms with Crippen molar-refractivity contribution in [2.45, 2.75) is 19.4 Å². The minimum Gasteiger partial charge on any atom is -0.507 e. The molecule has 3 rings (SSSR count). The highest BCUT2D eigenvalue weighted by atomic mass is 16.3. The average molecular weight is 284 g/mol. The zero-order valence-electron chi connectivity index (χ0n) is 11.6. The fraction of sp³-hybridized carbons (Fsp3) is 0.188. The summed E-state index contributed by atoms with van der Waals surface area (Å²) in [7, 11) is 0. The standard InChI is InChI=1S/C16H16N2O3/c1-9-7-10-8-11(17)5-6-12(10)18(9)16(21)15-13(19)3-2-4-14(15)20/h2-6,8-9,19-20H,7,17H2,1H3. The van der Waals surface area contributed by atoms with Gasteiger partial charge in [0, 0.05) is 17.4 Å². The number of carbonyl (C=O) groups is 1. The van der Waals surface area contributed by atoms with Crippen LogP contribution in [0.3, 0.4) is 0 Å². The molecule has 21 heavy (non-hydrogen) atoms. The smallest absolute Gasteiger partial charge is 0.266 e. The number of nitrogen functional groups attached to an aromatic ring is 1. The number of amides is 1. The van der Waals surface area contributed by atoms with Crippen LogP contribution in [-0.4, -0.2) is 22.2 Å². The summed E-state index contributed by atoms with van der Waals surface area (Å²) in [6.07, 6.45) is 0.695. The SMILES string of the molecule is CC1Cc2cc(N)ccc2N1C(=O)c1c(O)cccc1O. The van der Waals surface area contributed by atoms with Crippen LogP contribution in [0.5, 0.6) is 11.5 Å². The van der Waals surface area contributed by atoms with E-state index in [0.717, 1.165) is 11.3 Å². The van der Waals surface area contributed by atoms with Crippen molar-refractivity contribution in [1.29, 1.82) is 0 Å². The molecule has 0 saturated carbocycles. The van der Waals surface area contributed by atoms with Gasteiger partial charge >= 0.3 is 0 Å². The second-order valence-corrected chi connectivity index (χ2v) is 5.29. The molecule has 0 radical (unpaired) electrons. The summed E-state index contributed by atoms with van der Waals surface area (Å²) in [4.78, 5) is 14.3. The van der Waals surface area contributed by atoms with E-state index >= 15 is 0 Å². The molecule has 2 aromatic carbocycles. The third-order valence-corrected chi connectivity index (χ3v) is 3.77. The third kappa shape index (κ3) is 2.07. The van der Waals surface area contributed by atoms with Crippen LogP contribution < -0.4 is 10.6 Å². The molecule has 1 atom stereocenters. The van der Waals surface area contributed by atoms with E-state index < -0.39 is 5.91 Å². The molecule has 5 nitrogen and oxygen atoms in total. The Morgan fingerprint density at radius 3 is 2.57 bits per heavy atom. The van der Waals surface area contributed by atoms with Gasteiger partial charge in [0.1, 0.15) is 17.1 Å². The number of rotatable bonds is 1. The molecule has 5 heteroatoms. The molecule has 0 aliphatic carbocycles. The summed E-state index contributed by atoms with van der Waals surface area (Å²) < 4.78 is 0. The van der Waals surface area contributed by atoms with Crippen molar-refractivity contribution in [1.82, 2.24) is 0 Å². The number of nitrogens with zero attached hydrogens (tertiary/aromatic N) is 1. The Kier molecular flexibility index (Phi) is 2.97. The summed E-state index contributed by atoms with van der Waals surface area (Å²) in [5, 5.41) is 19.7. The fourth-order valence-corrected chi connectivity index (χ4v) is 2.83. The fourth-order valence-electron chi connectivity index (χ4n) is 2.83. The highest BCUT2D eigenvalue weighted by Crippen LogP contribution is 2.37. The van der Waals surface area contributed by atoms with Gasteiger partial charge in [-0.05, 0) is 49.2 Å². The molecule has 1 heterocycles. The summed E-state index contributed by atoms with van der Waals surface area (Å²) in [5.74, 6) is -0.867. The van der Waals surface area contributed by atoms with Crippen LogP contribution in [-0.2, 0) is 6.42 Å². The van der Waals surface area contributed by atoms with E-state index in [1.807, 2.05) is 13.0 Å². The Morgan fingerprint density at radius 1 is 1.24 bits per heavy atom. The second-order valence-electron chi connectivity index (χ2n) is 5.29. The zero-order valence-corrected chi connectivity index (χ0v) is 11.6. The highest BCUT2D eigenvalue weighted by molar-refractivity contribution is 6.11. The number of phenols is 2. The van der Waals surface area contributed by atoms with E-state index in [2.05, 4.69) is 0 Å². The molecule has 1 unspecified atom stereocenters. The van der Waals surface area contributed by atoms with Gasteiger partial charge in [-0.3, -0.25) is 4.79 Å². The molecule has 0 spiro atoms. The predicted octanol–water partition coefficient (Wildman–Crippen LogP) is 2.27. The Morgan fingerprint density at radius 2 is 1.90 bits per heavy atom. The number of phenolic OH excluding ortho intramolecular Hbond substituents is 2. The zero-order chi connectivity index (χ0) is 15.1. The Hall–Kier alpha value is -2.69. The van der Waals surface area contributed by atoms with E-state index in [0.29, 0.717) is 12.1 Å². The Labute approximate surface area is 122 Å². The number of aromatic hydroxyl groups is 2. The molecule has 0 aromatic heterocycles. The molecule has 4 N–H and O–H groups in total. The number of hydrogen-bond donors (Lipinski definition) is 3. The van der Waals surface area contributed by atoms with Gasteiger partial charge in [-0.25, -0.2) is 0 Å². The van der Waals surface area contributed by atoms with Crippen molar-refractivity contribution in [3.8, 4) is 11.5 Å². The van der Waals surface area contributed by atoms with Crippen LogP contribution >= 0.6 is 0 Å². The first-order chi connectivity index (χ1) is 9.99. The minimum atomic E-state index is -0.415. The van der Waals surface area contributed by atoms with Crippen molar-refractivity contribution in [2.75, 3.05) is 10.6 Å². The van der Waals surface area contributed by atoms with Gasteiger partial charge in [0.25, 0.3) is 5.91 Å². The molecule has 0 fully saturated rings. The Bertz CT molecular complexity index is 707. The highest BCUT2D eigenvalue weighted by Gasteiger charge is 2.33. The van der Waals surface area contributed by atoms with E-state index in [4.69, 9.17) is 5.73 Å². The lowest BCUT2D eigenvalue weighted by Crippen LogP contribution is -2.35. The van der Waals surface area contributed by atoms with E-state index in [9.17, 15) is 15.0 Å². The van der Waals surface area contributed by atoms with E-state index in [-0.39, 0.29) is 23.1 Å². The maximum Gasteiger partial charge on any atom is 0.266 e. The molecule has 0 saturated heterocycles. The summed E-state index contributed by atoms with van der Waals surface area (Å²) >= 11 is 0. The molecule has 2 aromatic rings. The summed E-state index contributed by atoms with van der Waals surface area (Å²) in [6.45, 7) is 1.92. The lowest BCUT2D eigenvalue weighted by atomic mass is 10.1. The lowest BCUT2D eigenvalue weighted by Gasteiger charge is -2.23. The number of fused-ring (bicyclic) bond motifs is 1. The molecular formula is C16H16N2O3. The van der Waals surface area contributed by atoms with Crippen molar-refractivity contribution < 1.29 is 15.0 Å². The second kappa shape index (κ2) is 4.70. The van der Waals surface area contributed by atoms with Gasteiger partial charge in [-0.1, -0.05) is 6.07 Å². The largest absolute Gasteiger partial charge is 0.507 e. The van der Waals surface area contributed by atoms with Crippen molar-refractivity contribution in [3.63, 3.8) is 0 Å². The molecule has 1 aliphatic heterocycles. The van der Waals surface area contributed by atoms with Crippen molar-refractivity contribution in [3.05, 3.63) is 47.5 Å². The lowest BCUT2D eigenvalue weighted by molar-refractivity contribution is 0.0976. The monoisotopic (exact) mass is 284 g/mol. The number of carbonyl (C=O) groups excluding carboxylic acids is 1. The molecular weight excluding hydrogens is 268 g/mol. The van der Waals surface area contributed by atoms with Gasteiger partial charge in [0.15, 0.2) is 0 Å². The number of nitrogens with two attached hydrogens (primary N) is 1. The topological polar surface area (TPSA) is 86.8 Å². The quantitative estimate of drug-likeness (QED) is 0.701. The van der Waals surface area contributed by atoms with Crippen molar-refractivity contribution in [2.24, 2.45) is 0 Å². The van der Waals surface area contributed by atoms with E-state index in [1.165, 1.54) is 18.2 Å². The van der Waals surface area contributed by atoms with Crippen LogP contribution in [0.2, 0.25) is 0 Å². The van der Waals surface area contributed by atoms with E-state index in [1.54, 1.807) is 17.0 Å². The summed E-state index contributed by atoms with van der Waals surface area (Å²) in [6, 6.07) is 9.58. The first-order valence-electron chi connectivity index (χ1n) is 6.72. The predicted molar refractivity (Wildman–Crippen MR) is 80.6 cm³/mol. The minimum absolute atomic E-state index is 0.0618. The van der Waals surface area contributed by atoms with Gasteiger partial charge in [0.2, 0.25) is 0 Å². The average Bonchev–Trinajstić information content (AvgIpc) is 2.73. The van der Waals surface area contributed by atoms with Crippen LogP contribution in [0, 0.1) is 0 Å². The van der Waals surface area contributed by atoms with Gasteiger partial charge in [0.05, 0.1) is 0 Å². The molecule has 108 valence electrons. The number of hydrogen-bond acceptors (Lipinski definition) is 4. The van der Waals surface area contributed by atoms with Crippen LogP contribution in [0.4, 0.5) is 11.4 Å². The summed E-state index contributed by atoms with van der Waals surface area (Å²) in [5.41, 5.74) is 8.11. The third-order valence-electron chi connectivity index (χ3n) is 3.77. The molecule has 1 amide bonds. The van der Waals surface area contributed by atoms with Crippen LogP contribution in [0.15, 0.2) is 36.4 Å². The molecule has 1 aliphatic rings. The number of benzene rings is 2. The normalized spacial score (nSPS) is 16.8. The van der Waals surface area contributed by atoms with Crippen LogP contribution in [0.1, 0.15) is 22.8 Å². The maximum atomic E-state index is 12.7. The first-order valence-corrected chi connectivity index (χ1v) is 6.72. The van der Waals surface area contributed by atoms with Gasteiger partial charge in [-0.2, -0.15) is 0 Å². The number of anilines is 2. The first kappa shape index (κ1) is 13.3.